The molecule has 4 rings (SSSR count). The van der Waals surface area contributed by atoms with E-state index >= 15 is 0 Å². The third-order valence-electron chi connectivity index (χ3n) is 5.46. The Balaban J connectivity index is 1.38. The molecular weight excluding hydrogens is 382 g/mol. The maximum Gasteiger partial charge on any atom is 0.253 e. The molecule has 1 aromatic carbocycles. The zero-order valence-corrected chi connectivity index (χ0v) is 16.7. The van der Waals surface area contributed by atoms with Gasteiger partial charge in [0.15, 0.2) is 0 Å². The van der Waals surface area contributed by atoms with Crippen LogP contribution in [-0.2, 0) is 21.6 Å². The van der Waals surface area contributed by atoms with Crippen molar-refractivity contribution in [3.8, 4) is 0 Å². The Labute approximate surface area is 163 Å². The molecule has 0 saturated carbocycles. The summed E-state index contributed by atoms with van der Waals surface area (Å²) in [4.78, 5) is 16.4. The van der Waals surface area contributed by atoms with Crippen LogP contribution in [0.15, 0.2) is 35.7 Å². The van der Waals surface area contributed by atoms with Crippen LogP contribution in [0.3, 0.4) is 0 Å². The topological polar surface area (TPSA) is 97.6 Å². The van der Waals surface area contributed by atoms with Crippen LogP contribution in [0.5, 0.6) is 0 Å². The molecule has 0 unspecified atom stereocenters. The highest BCUT2D eigenvalue weighted by Gasteiger charge is 2.42. The van der Waals surface area contributed by atoms with Crippen LogP contribution in [0, 0.1) is 0 Å². The van der Waals surface area contributed by atoms with E-state index in [4.69, 9.17) is 4.74 Å². The normalized spacial score (nSPS) is 20.4. The molecule has 150 valence electrons. The lowest BCUT2D eigenvalue weighted by molar-refractivity contribution is 0.0658. The molecule has 0 N–H and O–H groups in total. The third kappa shape index (κ3) is 3.26. The fourth-order valence-electron chi connectivity index (χ4n) is 3.63. The lowest BCUT2D eigenvalue weighted by Crippen LogP contribution is -2.57. The summed E-state index contributed by atoms with van der Waals surface area (Å²) in [6.45, 7) is 2.10. The standard InChI is InChI=1S/C18H23N5O4S/c1-21-12-19-20-18(21)28(25,26)16-10-23(11-16)17(24)13-3-5-14(6-4-13)22-8-7-15(9-22)27-2/h3-6,12,15-16H,7-11H2,1-2H3/t15-/m1/s1. The first-order chi connectivity index (χ1) is 13.4. The van der Waals surface area contributed by atoms with Crippen molar-refractivity contribution in [3.63, 3.8) is 0 Å². The molecule has 0 spiro atoms. The minimum absolute atomic E-state index is 0.0612. The number of carbonyl (C=O) groups excluding carboxylic acids is 1. The van der Waals surface area contributed by atoms with Gasteiger partial charge >= 0.3 is 0 Å². The fourth-order valence-corrected chi connectivity index (χ4v) is 5.29. The highest BCUT2D eigenvalue weighted by Crippen LogP contribution is 2.26. The van der Waals surface area contributed by atoms with Crippen molar-refractivity contribution in [2.75, 3.05) is 38.2 Å². The van der Waals surface area contributed by atoms with Crippen molar-refractivity contribution in [1.82, 2.24) is 19.7 Å². The molecule has 0 aliphatic carbocycles. The Morgan fingerprint density at radius 1 is 1.18 bits per heavy atom. The van der Waals surface area contributed by atoms with E-state index in [1.54, 1.807) is 31.2 Å². The third-order valence-corrected chi connectivity index (χ3v) is 7.51. The molecule has 2 fully saturated rings. The zero-order chi connectivity index (χ0) is 19.9. The van der Waals surface area contributed by atoms with Crippen molar-refractivity contribution in [2.24, 2.45) is 7.05 Å². The second-order valence-corrected chi connectivity index (χ2v) is 9.36. The van der Waals surface area contributed by atoms with Crippen molar-refractivity contribution < 1.29 is 17.9 Å². The number of anilines is 1. The number of benzene rings is 1. The smallest absolute Gasteiger partial charge is 0.253 e. The monoisotopic (exact) mass is 405 g/mol. The Morgan fingerprint density at radius 2 is 1.89 bits per heavy atom. The number of amides is 1. The molecule has 28 heavy (non-hydrogen) atoms. The van der Waals surface area contributed by atoms with Crippen LogP contribution >= 0.6 is 0 Å². The highest BCUT2D eigenvalue weighted by molar-refractivity contribution is 7.92. The predicted octanol–water partition coefficient (Wildman–Crippen LogP) is 0.339. The van der Waals surface area contributed by atoms with Gasteiger partial charge in [-0.15, -0.1) is 10.2 Å². The quantitative estimate of drug-likeness (QED) is 0.707. The van der Waals surface area contributed by atoms with Gasteiger partial charge in [0.2, 0.25) is 15.0 Å². The maximum atomic E-state index is 12.6. The van der Waals surface area contributed by atoms with E-state index in [1.165, 1.54) is 10.9 Å². The lowest BCUT2D eigenvalue weighted by atomic mass is 10.1. The number of ether oxygens (including phenoxy) is 1. The van der Waals surface area contributed by atoms with Gasteiger partial charge in [-0.1, -0.05) is 0 Å². The number of sulfone groups is 1. The lowest BCUT2D eigenvalue weighted by Gasteiger charge is -2.38. The first-order valence-corrected chi connectivity index (χ1v) is 10.7. The molecule has 1 aromatic heterocycles. The van der Waals surface area contributed by atoms with Crippen molar-refractivity contribution in [2.45, 2.75) is 22.9 Å². The number of aryl methyl sites for hydroxylation is 1. The summed E-state index contributed by atoms with van der Waals surface area (Å²) in [7, 11) is -0.275. The van der Waals surface area contributed by atoms with Gasteiger partial charge in [0.05, 0.1) is 6.10 Å². The number of methoxy groups -OCH3 is 1. The number of hydrogen-bond acceptors (Lipinski definition) is 7. The van der Waals surface area contributed by atoms with E-state index in [0.29, 0.717) is 5.56 Å². The average molecular weight is 405 g/mol. The number of hydrogen-bond donors (Lipinski definition) is 0. The molecule has 1 atom stereocenters. The van der Waals surface area contributed by atoms with Gasteiger partial charge in [0.25, 0.3) is 5.91 Å². The first-order valence-electron chi connectivity index (χ1n) is 9.15. The van der Waals surface area contributed by atoms with Crippen molar-refractivity contribution in [1.29, 1.82) is 0 Å². The molecule has 1 amide bonds. The minimum atomic E-state index is -3.59. The highest BCUT2D eigenvalue weighted by atomic mass is 32.2. The molecule has 2 aromatic rings. The van der Waals surface area contributed by atoms with Crippen molar-refractivity contribution in [3.05, 3.63) is 36.2 Å². The maximum absolute atomic E-state index is 12.6. The van der Waals surface area contributed by atoms with Crippen LogP contribution in [0.25, 0.3) is 0 Å². The summed E-state index contributed by atoms with van der Waals surface area (Å²) in [5.41, 5.74) is 1.61. The van der Waals surface area contributed by atoms with E-state index in [9.17, 15) is 13.2 Å². The van der Waals surface area contributed by atoms with Gasteiger partial charge in [0, 0.05) is 51.6 Å². The van der Waals surface area contributed by atoms with Gasteiger partial charge in [-0.05, 0) is 30.7 Å². The fraction of sp³-hybridized carbons (Fsp3) is 0.500. The van der Waals surface area contributed by atoms with E-state index in [2.05, 4.69) is 15.1 Å². The molecule has 2 saturated heterocycles. The number of rotatable bonds is 5. The number of aromatic nitrogens is 3. The molecule has 2 aliphatic heterocycles. The van der Waals surface area contributed by atoms with E-state index in [0.717, 1.165) is 25.2 Å². The molecule has 2 aliphatic rings. The second kappa shape index (κ2) is 7.17. The van der Waals surface area contributed by atoms with Crippen LogP contribution in [0.4, 0.5) is 5.69 Å². The number of likely N-dealkylation sites (tertiary alicyclic amines) is 1. The molecule has 10 heteroatoms. The molecule has 0 bridgehead atoms. The number of nitrogens with zero attached hydrogens (tertiary/aromatic N) is 5. The van der Waals surface area contributed by atoms with Gasteiger partial charge < -0.3 is 19.1 Å². The first kappa shape index (κ1) is 18.9. The Kier molecular flexibility index (Phi) is 4.84. The molecule has 3 heterocycles. The van der Waals surface area contributed by atoms with Gasteiger partial charge in [-0.2, -0.15) is 0 Å². The summed E-state index contributed by atoms with van der Waals surface area (Å²) in [5.74, 6) is -0.160. The summed E-state index contributed by atoms with van der Waals surface area (Å²) in [6, 6.07) is 7.45. The summed E-state index contributed by atoms with van der Waals surface area (Å²) in [6.07, 6.45) is 2.59. The van der Waals surface area contributed by atoms with Gasteiger partial charge in [-0.25, -0.2) is 8.42 Å². The van der Waals surface area contributed by atoms with Crippen LogP contribution in [0.2, 0.25) is 0 Å². The molecule has 0 radical (unpaired) electrons. The van der Waals surface area contributed by atoms with E-state index < -0.39 is 15.1 Å². The summed E-state index contributed by atoms with van der Waals surface area (Å²) in [5, 5.41) is 6.60. The van der Waals surface area contributed by atoms with Gasteiger partial charge in [0.1, 0.15) is 11.6 Å². The van der Waals surface area contributed by atoms with E-state index in [1.807, 2.05) is 12.1 Å². The average Bonchev–Trinajstić information content (AvgIpc) is 3.29. The predicted molar refractivity (Wildman–Crippen MR) is 102 cm³/mol. The van der Waals surface area contributed by atoms with Crippen molar-refractivity contribution >= 4 is 21.4 Å². The largest absolute Gasteiger partial charge is 0.380 e. The summed E-state index contributed by atoms with van der Waals surface area (Å²) >= 11 is 0. The van der Waals surface area contributed by atoms with Crippen LogP contribution < -0.4 is 4.90 Å². The van der Waals surface area contributed by atoms with Gasteiger partial charge in [-0.3, -0.25) is 4.79 Å². The Bertz CT molecular complexity index is 966. The van der Waals surface area contributed by atoms with E-state index in [-0.39, 0.29) is 30.3 Å². The molecular formula is C18H23N5O4S. The minimum Gasteiger partial charge on any atom is -0.380 e. The SMILES string of the molecule is CO[C@@H]1CCN(c2ccc(C(=O)N3CC(S(=O)(=O)c4nncn4C)C3)cc2)C1. The Morgan fingerprint density at radius 3 is 2.46 bits per heavy atom. The van der Waals surface area contributed by atoms with Crippen LogP contribution in [-0.4, -0.2) is 78.6 Å². The second-order valence-electron chi connectivity index (χ2n) is 7.24. The van der Waals surface area contributed by atoms with Crippen LogP contribution in [0.1, 0.15) is 16.8 Å². The number of carbonyl (C=O) groups is 1. The molecule has 9 nitrogen and oxygen atoms in total. The Hall–Kier alpha value is -2.46. The summed E-state index contributed by atoms with van der Waals surface area (Å²) < 4.78 is 31.9. The zero-order valence-electron chi connectivity index (χ0n) is 15.9.